The van der Waals surface area contributed by atoms with Crippen LogP contribution in [0.3, 0.4) is 0 Å². The second kappa shape index (κ2) is 4.15. The SMILES string of the molecule is O=S(=O)(Cl)c1cc(Cl)c(F)c(C(F)F)n1. The van der Waals surface area contributed by atoms with Crippen LogP contribution in [0.5, 0.6) is 0 Å². The summed E-state index contributed by atoms with van der Waals surface area (Å²) < 4.78 is 58.8. The molecule has 0 bridgehead atoms. The molecule has 0 aliphatic carbocycles. The Hall–Kier alpha value is -0.530. The van der Waals surface area contributed by atoms with Crippen LogP contribution < -0.4 is 0 Å². The quantitative estimate of drug-likeness (QED) is 0.782. The van der Waals surface area contributed by atoms with E-state index in [0.717, 1.165) is 0 Å². The minimum atomic E-state index is -4.32. The van der Waals surface area contributed by atoms with Crippen molar-refractivity contribution in [2.24, 2.45) is 0 Å². The Morgan fingerprint density at radius 1 is 1.40 bits per heavy atom. The zero-order chi connectivity index (χ0) is 11.8. The molecule has 0 spiro atoms. The zero-order valence-corrected chi connectivity index (χ0v) is 9.04. The lowest BCUT2D eigenvalue weighted by atomic mass is 10.3. The summed E-state index contributed by atoms with van der Waals surface area (Å²) in [5, 5.41) is -1.69. The van der Waals surface area contributed by atoms with E-state index in [9.17, 15) is 21.6 Å². The smallest absolute Gasteiger partial charge is 0.231 e. The van der Waals surface area contributed by atoms with Crippen molar-refractivity contribution in [1.82, 2.24) is 4.98 Å². The first-order chi connectivity index (χ1) is 6.73. The monoisotopic (exact) mass is 279 g/mol. The van der Waals surface area contributed by atoms with Crippen LogP contribution in [0, 0.1) is 5.82 Å². The molecule has 15 heavy (non-hydrogen) atoms. The molecule has 1 heterocycles. The van der Waals surface area contributed by atoms with Crippen LogP contribution in [0.2, 0.25) is 5.02 Å². The average molecular weight is 280 g/mol. The maximum atomic E-state index is 12.9. The normalized spacial score (nSPS) is 12.1. The minimum Gasteiger partial charge on any atom is -0.231 e. The summed E-state index contributed by atoms with van der Waals surface area (Å²) in [6.45, 7) is 0. The van der Waals surface area contributed by atoms with Crippen LogP contribution in [0.4, 0.5) is 13.2 Å². The van der Waals surface area contributed by atoms with E-state index in [0.29, 0.717) is 6.07 Å². The molecule has 0 aliphatic rings. The highest BCUT2D eigenvalue weighted by Gasteiger charge is 2.23. The lowest BCUT2D eigenvalue weighted by Crippen LogP contribution is -2.03. The third-order valence-electron chi connectivity index (χ3n) is 1.37. The molecular weight excluding hydrogens is 278 g/mol. The van der Waals surface area contributed by atoms with Crippen LogP contribution >= 0.6 is 22.3 Å². The standard InChI is InChI=1S/C6H2Cl2F3NO2S/c7-2-1-3(15(8,13)14)12-5(4(2)9)6(10)11/h1,6H. The molecule has 0 fully saturated rings. The van der Waals surface area contributed by atoms with E-state index in [1.165, 1.54) is 0 Å². The Bertz CT molecular complexity index is 491. The topological polar surface area (TPSA) is 47.0 Å². The van der Waals surface area contributed by atoms with Gasteiger partial charge in [0.05, 0.1) is 5.02 Å². The highest BCUT2D eigenvalue weighted by atomic mass is 35.7. The molecule has 9 heteroatoms. The van der Waals surface area contributed by atoms with Gasteiger partial charge < -0.3 is 0 Å². The Kier molecular flexibility index (Phi) is 3.47. The van der Waals surface area contributed by atoms with E-state index in [2.05, 4.69) is 4.98 Å². The molecule has 0 atom stereocenters. The van der Waals surface area contributed by atoms with Gasteiger partial charge in [-0.25, -0.2) is 26.6 Å². The van der Waals surface area contributed by atoms with E-state index >= 15 is 0 Å². The first-order valence-electron chi connectivity index (χ1n) is 3.32. The highest BCUT2D eigenvalue weighted by Crippen LogP contribution is 2.28. The fourth-order valence-electron chi connectivity index (χ4n) is 0.764. The van der Waals surface area contributed by atoms with E-state index in [1.54, 1.807) is 0 Å². The molecular formula is C6H2Cl2F3NO2S. The predicted molar refractivity (Wildman–Crippen MR) is 47.2 cm³/mol. The molecule has 0 saturated heterocycles. The predicted octanol–water partition coefficient (Wildman–Crippen LogP) is 2.74. The second-order valence-corrected chi connectivity index (χ2v) is 5.30. The van der Waals surface area contributed by atoms with Gasteiger partial charge in [-0.2, -0.15) is 0 Å². The molecule has 0 saturated carbocycles. The number of pyridine rings is 1. The van der Waals surface area contributed by atoms with Crippen molar-refractivity contribution < 1.29 is 21.6 Å². The fourth-order valence-corrected chi connectivity index (χ4v) is 1.73. The third kappa shape index (κ3) is 2.73. The molecule has 1 rings (SSSR count). The number of hydrogen-bond acceptors (Lipinski definition) is 3. The van der Waals surface area contributed by atoms with Gasteiger partial charge in [-0.3, -0.25) is 0 Å². The van der Waals surface area contributed by atoms with Gasteiger partial charge in [-0.05, 0) is 6.07 Å². The van der Waals surface area contributed by atoms with Gasteiger partial charge in [0.1, 0.15) is 5.69 Å². The van der Waals surface area contributed by atoms with Crippen molar-refractivity contribution >= 4 is 31.3 Å². The molecule has 0 amide bonds. The van der Waals surface area contributed by atoms with Crippen LogP contribution in [0.1, 0.15) is 12.1 Å². The third-order valence-corrected chi connectivity index (χ3v) is 2.83. The Labute approximate surface area is 92.2 Å². The number of nitrogens with zero attached hydrogens (tertiary/aromatic N) is 1. The summed E-state index contributed by atoms with van der Waals surface area (Å²) in [5.41, 5.74) is -1.35. The average Bonchev–Trinajstić information content (AvgIpc) is 2.06. The molecule has 0 unspecified atom stereocenters. The summed E-state index contributed by atoms with van der Waals surface area (Å²) in [4.78, 5) is 2.87. The van der Waals surface area contributed by atoms with Crippen molar-refractivity contribution in [3.8, 4) is 0 Å². The summed E-state index contributed by atoms with van der Waals surface area (Å²) in [6, 6.07) is 0.561. The van der Waals surface area contributed by atoms with Gasteiger partial charge in [-0.1, -0.05) is 11.6 Å². The molecule has 0 radical (unpaired) electrons. The summed E-state index contributed by atoms with van der Waals surface area (Å²) in [7, 11) is 0.522. The van der Waals surface area contributed by atoms with Crippen molar-refractivity contribution in [3.05, 3.63) is 22.6 Å². The number of halogens is 5. The van der Waals surface area contributed by atoms with E-state index in [1.807, 2.05) is 0 Å². The van der Waals surface area contributed by atoms with Gasteiger partial charge in [0.25, 0.3) is 15.5 Å². The number of hydrogen-bond donors (Lipinski definition) is 0. The van der Waals surface area contributed by atoms with Gasteiger partial charge >= 0.3 is 0 Å². The van der Waals surface area contributed by atoms with Crippen molar-refractivity contribution in [3.63, 3.8) is 0 Å². The minimum absolute atomic E-state index is 0.561. The molecule has 1 aromatic rings. The fraction of sp³-hybridized carbons (Fsp3) is 0.167. The van der Waals surface area contributed by atoms with E-state index in [-0.39, 0.29) is 0 Å². The molecule has 1 aromatic heterocycles. The number of aromatic nitrogens is 1. The molecule has 0 aromatic carbocycles. The van der Waals surface area contributed by atoms with E-state index in [4.69, 9.17) is 22.3 Å². The second-order valence-electron chi connectivity index (χ2n) is 2.38. The van der Waals surface area contributed by atoms with Crippen molar-refractivity contribution in [1.29, 1.82) is 0 Å². The molecule has 84 valence electrons. The van der Waals surface area contributed by atoms with Crippen LogP contribution in [-0.4, -0.2) is 13.4 Å². The highest BCUT2D eigenvalue weighted by molar-refractivity contribution is 8.13. The Balaban J connectivity index is 3.50. The first kappa shape index (κ1) is 12.5. The van der Waals surface area contributed by atoms with Gasteiger partial charge in [-0.15, -0.1) is 0 Å². The molecule has 3 nitrogen and oxygen atoms in total. The summed E-state index contributed by atoms with van der Waals surface area (Å²) >= 11 is 5.20. The largest absolute Gasteiger partial charge is 0.283 e. The number of alkyl halides is 2. The maximum Gasteiger partial charge on any atom is 0.283 e. The van der Waals surface area contributed by atoms with Gasteiger partial charge in [0.2, 0.25) is 0 Å². The van der Waals surface area contributed by atoms with Gasteiger partial charge in [0.15, 0.2) is 10.8 Å². The lowest BCUT2D eigenvalue weighted by molar-refractivity contribution is 0.139. The number of rotatable bonds is 2. The first-order valence-corrected chi connectivity index (χ1v) is 6.01. The van der Waals surface area contributed by atoms with Crippen molar-refractivity contribution in [2.45, 2.75) is 11.5 Å². The zero-order valence-electron chi connectivity index (χ0n) is 6.72. The Morgan fingerprint density at radius 3 is 2.33 bits per heavy atom. The Morgan fingerprint density at radius 2 is 1.93 bits per heavy atom. The van der Waals surface area contributed by atoms with Crippen molar-refractivity contribution in [2.75, 3.05) is 0 Å². The molecule has 0 aliphatic heterocycles. The molecule has 0 N–H and O–H groups in total. The summed E-state index contributed by atoms with van der Waals surface area (Å²) in [5.74, 6) is -1.46. The van der Waals surface area contributed by atoms with Crippen LogP contribution in [0.15, 0.2) is 11.1 Å². The van der Waals surface area contributed by atoms with E-state index < -0.39 is 37.0 Å². The van der Waals surface area contributed by atoms with Crippen LogP contribution in [-0.2, 0) is 9.05 Å². The lowest BCUT2D eigenvalue weighted by Gasteiger charge is -2.04. The summed E-state index contributed by atoms with van der Waals surface area (Å²) in [6.07, 6.45) is -3.28. The van der Waals surface area contributed by atoms with Crippen LogP contribution in [0.25, 0.3) is 0 Å². The van der Waals surface area contributed by atoms with Gasteiger partial charge in [0, 0.05) is 10.7 Å². The maximum absolute atomic E-state index is 12.9.